The molecule has 0 amide bonds. The largest absolute Gasteiger partial charge is 0.309 e. The van der Waals surface area contributed by atoms with Gasteiger partial charge in [-0.2, -0.15) is 5.10 Å². The van der Waals surface area contributed by atoms with Gasteiger partial charge in [0.25, 0.3) is 0 Å². The molecule has 0 bridgehead atoms. The van der Waals surface area contributed by atoms with Crippen LogP contribution in [-0.4, -0.2) is 39.2 Å². The van der Waals surface area contributed by atoms with Gasteiger partial charge < -0.3 is 5.32 Å². The summed E-state index contributed by atoms with van der Waals surface area (Å²) in [5, 5.41) is 11.1. The van der Waals surface area contributed by atoms with Gasteiger partial charge in [-0.1, -0.05) is 30.3 Å². The van der Waals surface area contributed by atoms with Crippen molar-refractivity contribution in [3.05, 3.63) is 72.2 Å². The molecule has 0 spiro atoms. The van der Waals surface area contributed by atoms with Gasteiger partial charge >= 0.3 is 0 Å². The van der Waals surface area contributed by atoms with Gasteiger partial charge in [0.1, 0.15) is 0 Å². The van der Waals surface area contributed by atoms with E-state index in [1.165, 1.54) is 30.5 Å². The van der Waals surface area contributed by atoms with Gasteiger partial charge in [0.15, 0.2) is 0 Å². The molecule has 3 aromatic rings. The van der Waals surface area contributed by atoms with Crippen LogP contribution < -0.4 is 5.32 Å². The van der Waals surface area contributed by atoms with Crippen molar-refractivity contribution in [2.24, 2.45) is 0 Å². The lowest BCUT2D eigenvalue weighted by atomic mass is 10.0. The molecule has 1 saturated heterocycles. The van der Waals surface area contributed by atoms with Crippen molar-refractivity contribution < 1.29 is 0 Å². The second-order valence-corrected chi connectivity index (χ2v) is 6.95. The first-order valence-electron chi connectivity index (χ1n) is 9.31. The summed E-state index contributed by atoms with van der Waals surface area (Å²) in [6.45, 7) is 4.13. The third kappa shape index (κ3) is 4.18. The van der Waals surface area contributed by atoms with Gasteiger partial charge in [-0.25, -0.2) is 0 Å². The lowest BCUT2D eigenvalue weighted by Crippen LogP contribution is -2.45. The monoisotopic (exact) mass is 347 g/mol. The van der Waals surface area contributed by atoms with Gasteiger partial charge in [0.2, 0.25) is 0 Å². The number of H-pyrrole nitrogens is 1. The van der Waals surface area contributed by atoms with Gasteiger partial charge in [-0.15, -0.1) is 0 Å². The van der Waals surface area contributed by atoms with E-state index >= 15 is 0 Å². The van der Waals surface area contributed by atoms with E-state index in [1.54, 1.807) is 6.20 Å². The molecule has 0 unspecified atom stereocenters. The number of pyridine rings is 1. The SMILES string of the molecule is c1ccc(CN2CCC[C@H](NCc3cn[nH]c3-c3cccnc3)C2)cc1. The van der Waals surface area contributed by atoms with E-state index in [-0.39, 0.29) is 0 Å². The minimum absolute atomic E-state index is 0.518. The summed E-state index contributed by atoms with van der Waals surface area (Å²) < 4.78 is 0. The van der Waals surface area contributed by atoms with Crippen molar-refractivity contribution in [1.82, 2.24) is 25.4 Å². The maximum absolute atomic E-state index is 4.23. The van der Waals surface area contributed by atoms with Crippen LogP contribution in [0.2, 0.25) is 0 Å². The zero-order valence-corrected chi connectivity index (χ0v) is 14.9. The summed E-state index contributed by atoms with van der Waals surface area (Å²) >= 11 is 0. The molecule has 0 saturated carbocycles. The Morgan fingerprint density at radius 1 is 1.12 bits per heavy atom. The Kier molecular flexibility index (Phi) is 5.38. The Bertz CT molecular complexity index is 800. The Labute approximate surface area is 154 Å². The van der Waals surface area contributed by atoms with Crippen molar-refractivity contribution in [3.8, 4) is 11.3 Å². The molecule has 0 radical (unpaired) electrons. The molecule has 5 nitrogen and oxygen atoms in total. The molecular formula is C21H25N5. The zero-order valence-electron chi connectivity index (χ0n) is 14.9. The number of rotatable bonds is 6. The van der Waals surface area contributed by atoms with Crippen LogP contribution in [0.25, 0.3) is 11.3 Å². The number of piperidine rings is 1. The van der Waals surface area contributed by atoms with E-state index in [9.17, 15) is 0 Å². The quantitative estimate of drug-likeness (QED) is 0.719. The normalized spacial score (nSPS) is 18.1. The summed E-state index contributed by atoms with van der Waals surface area (Å²) in [6.07, 6.45) is 8.05. The highest BCUT2D eigenvalue weighted by atomic mass is 15.2. The van der Waals surface area contributed by atoms with Crippen LogP contribution in [0.1, 0.15) is 24.0 Å². The molecule has 1 atom stereocenters. The van der Waals surface area contributed by atoms with E-state index in [4.69, 9.17) is 0 Å². The number of aromatic nitrogens is 3. The van der Waals surface area contributed by atoms with Gasteiger partial charge in [0.05, 0.1) is 11.9 Å². The van der Waals surface area contributed by atoms with E-state index in [0.717, 1.165) is 30.9 Å². The number of hydrogen-bond acceptors (Lipinski definition) is 4. The molecule has 4 rings (SSSR count). The summed E-state index contributed by atoms with van der Waals surface area (Å²) in [6, 6.07) is 15.3. The van der Waals surface area contributed by atoms with Gasteiger partial charge in [-0.3, -0.25) is 15.0 Å². The van der Waals surface area contributed by atoms with Gasteiger partial charge in [0, 0.05) is 49.2 Å². The second kappa shape index (κ2) is 8.25. The minimum atomic E-state index is 0.518. The summed E-state index contributed by atoms with van der Waals surface area (Å²) in [7, 11) is 0. The smallest absolute Gasteiger partial charge is 0.0710 e. The van der Waals surface area contributed by atoms with Crippen molar-refractivity contribution in [3.63, 3.8) is 0 Å². The first kappa shape index (κ1) is 16.9. The third-order valence-corrected chi connectivity index (χ3v) is 5.00. The van der Waals surface area contributed by atoms with E-state index in [0.29, 0.717) is 6.04 Å². The molecule has 134 valence electrons. The first-order valence-corrected chi connectivity index (χ1v) is 9.31. The number of nitrogens with zero attached hydrogens (tertiary/aromatic N) is 3. The number of hydrogen-bond donors (Lipinski definition) is 2. The second-order valence-electron chi connectivity index (χ2n) is 6.95. The van der Waals surface area contributed by atoms with Crippen LogP contribution in [0.15, 0.2) is 61.1 Å². The van der Waals surface area contributed by atoms with E-state index < -0.39 is 0 Å². The highest BCUT2D eigenvalue weighted by molar-refractivity contribution is 5.61. The summed E-state index contributed by atoms with van der Waals surface area (Å²) in [5.74, 6) is 0. The van der Waals surface area contributed by atoms with Crippen LogP contribution in [0, 0.1) is 0 Å². The maximum Gasteiger partial charge on any atom is 0.0710 e. The van der Waals surface area contributed by atoms with Crippen LogP contribution in [-0.2, 0) is 13.1 Å². The van der Waals surface area contributed by atoms with E-state index in [1.807, 2.05) is 18.5 Å². The fourth-order valence-electron chi connectivity index (χ4n) is 3.67. The fraction of sp³-hybridized carbons (Fsp3) is 0.333. The highest BCUT2D eigenvalue weighted by Crippen LogP contribution is 2.20. The predicted octanol–water partition coefficient (Wildman–Crippen LogP) is 3.23. The van der Waals surface area contributed by atoms with Crippen LogP contribution >= 0.6 is 0 Å². The standard InChI is InChI=1S/C21H25N5/c1-2-6-17(7-3-1)15-26-11-5-9-20(16-26)23-13-19-14-24-25-21(19)18-8-4-10-22-12-18/h1-4,6-8,10,12,14,20,23H,5,9,11,13,15-16H2,(H,24,25)/t20-/m0/s1. The Hall–Kier alpha value is -2.50. The maximum atomic E-state index is 4.23. The van der Waals surface area contributed by atoms with Crippen molar-refractivity contribution in [1.29, 1.82) is 0 Å². The van der Waals surface area contributed by atoms with Crippen molar-refractivity contribution in [2.45, 2.75) is 32.0 Å². The predicted molar refractivity (Wildman–Crippen MR) is 103 cm³/mol. The fourth-order valence-corrected chi connectivity index (χ4v) is 3.67. The Balaban J connectivity index is 1.34. The topological polar surface area (TPSA) is 56.8 Å². The lowest BCUT2D eigenvalue weighted by molar-refractivity contribution is 0.183. The van der Waals surface area contributed by atoms with Crippen molar-refractivity contribution in [2.75, 3.05) is 13.1 Å². The molecule has 1 aliphatic rings. The molecule has 1 aromatic carbocycles. The molecule has 1 fully saturated rings. The van der Waals surface area contributed by atoms with Crippen molar-refractivity contribution >= 4 is 0 Å². The number of aromatic amines is 1. The summed E-state index contributed by atoms with van der Waals surface area (Å²) in [4.78, 5) is 6.76. The summed E-state index contributed by atoms with van der Waals surface area (Å²) in [5.41, 5.74) is 4.72. The average Bonchev–Trinajstić information content (AvgIpc) is 3.17. The van der Waals surface area contributed by atoms with Crippen LogP contribution in [0.4, 0.5) is 0 Å². The average molecular weight is 347 g/mol. The number of likely N-dealkylation sites (tertiary alicyclic amines) is 1. The van der Waals surface area contributed by atoms with E-state index in [2.05, 4.69) is 61.8 Å². The van der Waals surface area contributed by atoms with Crippen LogP contribution in [0.3, 0.4) is 0 Å². The highest BCUT2D eigenvalue weighted by Gasteiger charge is 2.20. The molecule has 0 aliphatic carbocycles. The Morgan fingerprint density at radius 3 is 2.88 bits per heavy atom. The first-order chi connectivity index (χ1) is 12.9. The van der Waals surface area contributed by atoms with Crippen LogP contribution in [0.5, 0.6) is 0 Å². The molecular weight excluding hydrogens is 322 g/mol. The molecule has 2 aromatic heterocycles. The number of nitrogens with one attached hydrogen (secondary N) is 2. The number of benzene rings is 1. The molecule has 1 aliphatic heterocycles. The third-order valence-electron chi connectivity index (χ3n) is 5.00. The lowest BCUT2D eigenvalue weighted by Gasteiger charge is -2.33. The molecule has 3 heterocycles. The molecule has 2 N–H and O–H groups in total. The molecule has 26 heavy (non-hydrogen) atoms. The zero-order chi connectivity index (χ0) is 17.6. The minimum Gasteiger partial charge on any atom is -0.309 e. The molecule has 5 heteroatoms. The Morgan fingerprint density at radius 2 is 2.04 bits per heavy atom. The van der Waals surface area contributed by atoms with Gasteiger partial charge in [-0.05, 0) is 37.1 Å².